The standard InChI is InChI=1S/C17H28N2/c1-4-18-17-8-6-5-7-15(17)13-19(3)16-11-9-14(2)10-12-16/h9-12,15,17-18H,4-8,13H2,1-3H3. The number of aryl methyl sites for hydroxylation is 1. The van der Waals surface area contributed by atoms with Crippen molar-refractivity contribution in [2.45, 2.75) is 45.6 Å². The number of hydrogen-bond donors (Lipinski definition) is 1. The summed E-state index contributed by atoms with van der Waals surface area (Å²) < 4.78 is 0. The third-order valence-corrected chi connectivity index (χ3v) is 4.36. The Morgan fingerprint density at radius 3 is 2.53 bits per heavy atom. The van der Waals surface area contributed by atoms with Crippen LogP contribution in [0.2, 0.25) is 0 Å². The molecule has 0 saturated heterocycles. The molecule has 2 rings (SSSR count). The Hall–Kier alpha value is -1.02. The molecular formula is C17H28N2. The maximum absolute atomic E-state index is 3.67. The van der Waals surface area contributed by atoms with Crippen molar-refractivity contribution in [3.05, 3.63) is 29.8 Å². The van der Waals surface area contributed by atoms with Gasteiger partial charge in [-0.25, -0.2) is 0 Å². The molecule has 0 amide bonds. The van der Waals surface area contributed by atoms with E-state index in [0.717, 1.165) is 12.5 Å². The fourth-order valence-electron chi connectivity index (χ4n) is 3.21. The molecule has 1 N–H and O–H groups in total. The first-order valence-corrected chi connectivity index (χ1v) is 7.72. The summed E-state index contributed by atoms with van der Waals surface area (Å²) in [5, 5.41) is 3.67. The molecule has 0 heterocycles. The Morgan fingerprint density at radius 1 is 1.16 bits per heavy atom. The molecule has 1 aromatic rings. The van der Waals surface area contributed by atoms with Gasteiger partial charge in [-0.2, -0.15) is 0 Å². The third-order valence-electron chi connectivity index (χ3n) is 4.36. The minimum absolute atomic E-state index is 0.714. The molecular weight excluding hydrogens is 232 g/mol. The van der Waals surface area contributed by atoms with Crippen molar-refractivity contribution in [1.82, 2.24) is 5.32 Å². The number of benzene rings is 1. The van der Waals surface area contributed by atoms with E-state index in [1.165, 1.54) is 43.5 Å². The largest absolute Gasteiger partial charge is 0.374 e. The lowest BCUT2D eigenvalue weighted by Gasteiger charge is -2.35. The van der Waals surface area contributed by atoms with Crippen LogP contribution in [-0.4, -0.2) is 26.2 Å². The Balaban J connectivity index is 1.96. The van der Waals surface area contributed by atoms with Crippen LogP contribution in [0.25, 0.3) is 0 Å². The summed E-state index contributed by atoms with van der Waals surface area (Å²) in [6, 6.07) is 9.59. The van der Waals surface area contributed by atoms with E-state index >= 15 is 0 Å². The zero-order valence-electron chi connectivity index (χ0n) is 12.7. The zero-order valence-corrected chi connectivity index (χ0v) is 12.7. The van der Waals surface area contributed by atoms with Gasteiger partial charge in [0.25, 0.3) is 0 Å². The molecule has 2 unspecified atom stereocenters. The van der Waals surface area contributed by atoms with Gasteiger partial charge in [-0.3, -0.25) is 0 Å². The van der Waals surface area contributed by atoms with E-state index in [4.69, 9.17) is 0 Å². The SMILES string of the molecule is CCNC1CCCCC1CN(C)c1ccc(C)cc1. The maximum atomic E-state index is 3.67. The van der Waals surface area contributed by atoms with Crippen molar-refractivity contribution in [2.75, 3.05) is 25.0 Å². The smallest absolute Gasteiger partial charge is 0.0363 e. The van der Waals surface area contributed by atoms with E-state index in [2.05, 4.69) is 55.4 Å². The second-order valence-electron chi connectivity index (χ2n) is 5.92. The van der Waals surface area contributed by atoms with E-state index in [1.807, 2.05) is 0 Å². The molecule has 2 nitrogen and oxygen atoms in total. The minimum atomic E-state index is 0.714. The lowest BCUT2D eigenvalue weighted by molar-refractivity contribution is 0.269. The number of nitrogens with one attached hydrogen (secondary N) is 1. The first kappa shape index (κ1) is 14.4. The van der Waals surface area contributed by atoms with Gasteiger partial charge in [-0.1, -0.05) is 37.5 Å². The first-order chi connectivity index (χ1) is 9.20. The molecule has 0 aliphatic heterocycles. The highest BCUT2D eigenvalue weighted by Gasteiger charge is 2.25. The summed E-state index contributed by atoms with van der Waals surface area (Å²) in [5.41, 5.74) is 2.67. The van der Waals surface area contributed by atoms with E-state index in [1.54, 1.807) is 0 Å². The monoisotopic (exact) mass is 260 g/mol. The van der Waals surface area contributed by atoms with Gasteiger partial charge >= 0.3 is 0 Å². The summed E-state index contributed by atoms with van der Waals surface area (Å²) in [6.45, 7) is 6.62. The molecule has 1 aliphatic rings. The highest BCUT2D eigenvalue weighted by atomic mass is 15.1. The van der Waals surface area contributed by atoms with Gasteiger partial charge in [0.15, 0.2) is 0 Å². The molecule has 1 fully saturated rings. The van der Waals surface area contributed by atoms with Gasteiger partial charge in [-0.05, 0) is 44.4 Å². The van der Waals surface area contributed by atoms with Crippen molar-refractivity contribution in [3.8, 4) is 0 Å². The number of rotatable bonds is 5. The summed E-state index contributed by atoms with van der Waals surface area (Å²) in [7, 11) is 2.22. The van der Waals surface area contributed by atoms with E-state index in [9.17, 15) is 0 Å². The molecule has 0 spiro atoms. The van der Waals surface area contributed by atoms with Gasteiger partial charge < -0.3 is 10.2 Å². The Bertz CT molecular complexity index is 369. The van der Waals surface area contributed by atoms with Crippen LogP contribution in [0.5, 0.6) is 0 Å². The second kappa shape index (κ2) is 6.95. The summed E-state index contributed by atoms with van der Waals surface area (Å²) in [6.07, 6.45) is 5.50. The highest BCUT2D eigenvalue weighted by molar-refractivity contribution is 5.46. The lowest BCUT2D eigenvalue weighted by atomic mass is 9.84. The molecule has 1 aromatic carbocycles. The van der Waals surface area contributed by atoms with Crippen LogP contribution in [-0.2, 0) is 0 Å². The zero-order chi connectivity index (χ0) is 13.7. The Labute approximate surface area is 118 Å². The van der Waals surface area contributed by atoms with Crippen LogP contribution in [0.3, 0.4) is 0 Å². The van der Waals surface area contributed by atoms with Crippen LogP contribution >= 0.6 is 0 Å². The van der Waals surface area contributed by atoms with Gasteiger partial charge in [0.05, 0.1) is 0 Å². The van der Waals surface area contributed by atoms with Crippen molar-refractivity contribution in [2.24, 2.45) is 5.92 Å². The van der Waals surface area contributed by atoms with Gasteiger partial charge in [0.2, 0.25) is 0 Å². The van der Waals surface area contributed by atoms with Crippen molar-refractivity contribution >= 4 is 5.69 Å². The van der Waals surface area contributed by atoms with Crippen LogP contribution in [0.4, 0.5) is 5.69 Å². The number of anilines is 1. The normalized spacial score (nSPS) is 23.3. The second-order valence-corrected chi connectivity index (χ2v) is 5.92. The number of hydrogen-bond acceptors (Lipinski definition) is 2. The highest BCUT2D eigenvalue weighted by Crippen LogP contribution is 2.26. The molecule has 0 bridgehead atoms. The average molecular weight is 260 g/mol. The molecule has 1 aliphatic carbocycles. The van der Waals surface area contributed by atoms with E-state index in [-0.39, 0.29) is 0 Å². The summed E-state index contributed by atoms with van der Waals surface area (Å²) in [5.74, 6) is 0.792. The molecule has 106 valence electrons. The molecule has 2 atom stereocenters. The van der Waals surface area contributed by atoms with Crippen molar-refractivity contribution in [1.29, 1.82) is 0 Å². The predicted octanol–water partition coefficient (Wildman–Crippen LogP) is 3.60. The molecule has 0 radical (unpaired) electrons. The topological polar surface area (TPSA) is 15.3 Å². The Morgan fingerprint density at radius 2 is 1.84 bits per heavy atom. The molecule has 0 aromatic heterocycles. The first-order valence-electron chi connectivity index (χ1n) is 7.72. The van der Waals surface area contributed by atoms with E-state index < -0.39 is 0 Å². The van der Waals surface area contributed by atoms with Crippen LogP contribution in [0.1, 0.15) is 38.2 Å². The van der Waals surface area contributed by atoms with Crippen LogP contribution in [0, 0.1) is 12.8 Å². The van der Waals surface area contributed by atoms with Gasteiger partial charge in [0.1, 0.15) is 0 Å². The summed E-state index contributed by atoms with van der Waals surface area (Å²) >= 11 is 0. The van der Waals surface area contributed by atoms with Gasteiger partial charge in [0, 0.05) is 25.3 Å². The maximum Gasteiger partial charge on any atom is 0.0363 e. The Kier molecular flexibility index (Phi) is 5.26. The van der Waals surface area contributed by atoms with E-state index in [0.29, 0.717) is 6.04 Å². The lowest BCUT2D eigenvalue weighted by Crippen LogP contribution is -2.43. The fourth-order valence-corrected chi connectivity index (χ4v) is 3.21. The quantitative estimate of drug-likeness (QED) is 0.870. The predicted molar refractivity (Wildman–Crippen MR) is 83.9 cm³/mol. The van der Waals surface area contributed by atoms with Crippen molar-refractivity contribution in [3.63, 3.8) is 0 Å². The molecule has 1 saturated carbocycles. The molecule has 2 heteroatoms. The summed E-state index contributed by atoms with van der Waals surface area (Å²) in [4.78, 5) is 2.42. The van der Waals surface area contributed by atoms with Gasteiger partial charge in [-0.15, -0.1) is 0 Å². The third kappa shape index (κ3) is 3.97. The average Bonchev–Trinajstić information content (AvgIpc) is 2.42. The molecule has 19 heavy (non-hydrogen) atoms. The van der Waals surface area contributed by atoms with Crippen molar-refractivity contribution < 1.29 is 0 Å². The fraction of sp³-hybridized carbons (Fsp3) is 0.647. The van der Waals surface area contributed by atoms with Crippen LogP contribution in [0.15, 0.2) is 24.3 Å². The minimum Gasteiger partial charge on any atom is -0.374 e. The van der Waals surface area contributed by atoms with Crippen LogP contribution < -0.4 is 10.2 Å². The number of nitrogens with zero attached hydrogens (tertiary/aromatic N) is 1.